The molecule has 8 nitrogen and oxygen atoms in total. The van der Waals surface area contributed by atoms with Crippen molar-refractivity contribution in [1.29, 1.82) is 0 Å². The van der Waals surface area contributed by atoms with Crippen LogP contribution in [-0.4, -0.2) is 49.3 Å². The highest BCUT2D eigenvalue weighted by molar-refractivity contribution is 5.84. The maximum Gasteiger partial charge on any atom is 0.256 e. The van der Waals surface area contributed by atoms with Crippen LogP contribution in [0.1, 0.15) is 43.0 Å². The molecule has 3 rings (SSSR count). The lowest BCUT2D eigenvalue weighted by Gasteiger charge is -2.35. The number of hydrogen-bond donors (Lipinski definition) is 1. The first-order valence-electron chi connectivity index (χ1n) is 8.75. The summed E-state index contributed by atoms with van der Waals surface area (Å²) < 4.78 is 6.58. The van der Waals surface area contributed by atoms with Crippen LogP contribution in [0.3, 0.4) is 0 Å². The summed E-state index contributed by atoms with van der Waals surface area (Å²) in [4.78, 5) is 30.7. The predicted octanol–water partition coefficient (Wildman–Crippen LogP) is 1.01. The number of piperidine rings is 1. The third-order valence-electron chi connectivity index (χ3n) is 4.77. The zero-order valence-corrected chi connectivity index (χ0v) is 15.3. The third-order valence-corrected chi connectivity index (χ3v) is 4.77. The Kier molecular flexibility index (Phi) is 4.95. The predicted molar refractivity (Wildman–Crippen MR) is 93.7 cm³/mol. The first-order valence-corrected chi connectivity index (χ1v) is 8.75. The Labute approximate surface area is 151 Å². The van der Waals surface area contributed by atoms with Gasteiger partial charge >= 0.3 is 0 Å². The lowest BCUT2D eigenvalue weighted by atomic mass is 9.95. The summed E-state index contributed by atoms with van der Waals surface area (Å²) in [7, 11) is 0. The van der Waals surface area contributed by atoms with Crippen molar-refractivity contribution in [2.75, 3.05) is 13.1 Å². The number of hydrogen-bond acceptors (Lipinski definition) is 6. The van der Waals surface area contributed by atoms with E-state index in [1.54, 1.807) is 24.1 Å². The number of aromatic nitrogens is 3. The van der Waals surface area contributed by atoms with E-state index in [1.165, 1.54) is 17.6 Å². The molecule has 0 bridgehead atoms. The van der Waals surface area contributed by atoms with Gasteiger partial charge in [0.15, 0.2) is 11.4 Å². The Morgan fingerprint density at radius 1 is 1.38 bits per heavy atom. The molecule has 1 N–H and O–H groups in total. The first kappa shape index (κ1) is 18.3. The third kappa shape index (κ3) is 3.85. The van der Waals surface area contributed by atoms with E-state index in [-0.39, 0.29) is 23.9 Å². The van der Waals surface area contributed by atoms with Crippen LogP contribution in [0.4, 0.5) is 0 Å². The van der Waals surface area contributed by atoms with E-state index in [0.717, 1.165) is 5.56 Å². The second-order valence-corrected chi connectivity index (χ2v) is 7.19. The molecule has 0 aromatic carbocycles. The highest BCUT2D eigenvalue weighted by Crippen LogP contribution is 2.28. The fraction of sp³-hybridized carbons (Fsp3) is 0.556. The molecule has 26 heavy (non-hydrogen) atoms. The minimum atomic E-state index is -1.65. The zero-order valence-electron chi connectivity index (χ0n) is 15.3. The number of amides is 1. The van der Waals surface area contributed by atoms with Crippen LogP contribution in [0.15, 0.2) is 27.6 Å². The van der Waals surface area contributed by atoms with Gasteiger partial charge in [-0.3, -0.25) is 9.59 Å². The summed E-state index contributed by atoms with van der Waals surface area (Å²) in [5, 5.41) is 14.5. The molecule has 1 amide bonds. The molecule has 140 valence electrons. The standard InChI is InChI=1S/C18H24N4O4/c1-12-4-7-22(15(23)10-12)11-18(3,25)17(24)21-8-5-14(6-9-21)16-19-13(2)20-26-16/h4,7,10,14,25H,5-6,8-9,11H2,1-3H3. The van der Waals surface area contributed by atoms with Crippen LogP contribution in [0.2, 0.25) is 0 Å². The Morgan fingerprint density at radius 3 is 2.65 bits per heavy atom. The van der Waals surface area contributed by atoms with Gasteiger partial charge in [-0.2, -0.15) is 4.98 Å². The molecule has 1 unspecified atom stereocenters. The van der Waals surface area contributed by atoms with Gasteiger partial charge in [0.25, 0.3) is 11.5 Å². The van der Waals surface area contributed by atoms with Gasteiger partial charge < -0.3 is 19.1 Å². The van der Waals surface area contributed by atoms with E-state index >= 15 is 0 Å². The van der Waals surface area contributed by atoms with E-state index in [2.05, 4.69) is 10.1 Å². The van der Waals surface area contributed by atoms with Gasteiger partial charge in [0.05, 0.1) is 6.54 Å². The second-order valence-electron chi connectivity index (χ2n) is 7.19. The molecule has 1 fully saturated rings. The average molecular weight is 360 g/mol. The van der Waals surface area contributed by atoms with Crippen molar-refractivity contribution in [2.24, 2.45) is 0 Å². The van der Waals surface area contributed by atoms with Gasteiger partial charge in [-0.1, -0.05) is 5.16 Å². The first-order chi connectivity index (χ1) is 12.3. The van der Waals surface area contributed by atoms with Gasteiger partial charge in [0, 0.05) is 31.3 Å². The van der Waals surface area contributed by atoms with Crippen LogP contribution < -0.4 is 5.56 Å². The SMILES string of the molecule is Cc1ccn(CC(C)(O)C(=O)N2CCC(c3nc(C)no3)CC2)c(=O)c1. The Hall–Kier alpha value is -2.48. The molecule has 8 heteroatoms. The lowest BCUT2D eigenvalue weighted by molar-refractivity contribution is -0.152. The van der Waals surface area contributed by atoms with Gasteiger partial charge in [-0.25, -0.2) is 0 Å². The number of carbonyl (C=O) groups excluding carboxylic acids is 1. The number of aliphatic hydroxyl groups is 1. The van der Waals surface area contributed by atoms with Crippen LogP contribution in [-0.2, 0) is 11.3 Å². The molecule has 0 radical (unpaired) electrons. The Bertz CT molecular complexity index is 847. The van der Waals surface area contributed by atoms with E-state index in [1.807, 2.05) is 6.92 Å². The van der Waals surface area contributed by atoms with Crippen LogP contribution in [0, 0.1) is 13.8 Å². The van der Waals surface area contributed by atoms with Gasteiger partial charge in [0.2, 0.25) is 5.89 Å². The normalized spacial score (nSPS) is 17.9. The van der Waals surface area contributed by atoms with E-state index in [0.29, 0.717) is 37.6 Å². The summed E-state index contributed by atoms with van der Waals surface area (Å²) in [5.41, 5.74) is -1.04. The van der Waals surface area contributed by atoms with E-state index in [9.17, 15) is 14.7 Å². The van der Waals surface area contributed by atoms with Gasteiger partial charge in [0.1, 0.15) is 0 Å². The maximum absolute atomic E-state index is 12.8. The Morgan fingerprint density at radius 2 is 2.08 bits per heavy atom. The molecular formula is C18H24N4O4. The number of carbonyl (C=O) groups is 1. The summed E-state index contributed by atoms with van der Waals surface area (Å²) >= 11 is 0. The van der Waals surface area contributed by atoms with Crippen molar-refractivity contribution in [1.82, 2.24) is 19.6 Å². The van der Waals surface area contributed by atoms with E-state index < -0.39 is 5.60 Å². The summed E-state index contributed by atoms with van der Waals surface area (Å²) in [5.74, 6) is 0.965. The van der Waals surface area contributed by atoms with Crippen LogP contribution in [0.5, 0.6) is 0 Å². The number of aryl methyl sites for hydroxylation is 2. The van der Waals surface area contributed by atoms with Crippen molar-refractivity contribution in [3.05, 3.63) is 46.0 Å². The molecule has 1 aliphatic heterocycles. The van der Waals surface area contributed by atoms with Crippen molar-refractivity contribution < 1.29 is 14.4 Å². The number of likely N-dealkylation sites (tertiary alicyclic amines) is 1. The number of nitrogens with zero attached hydrogens (tertiary/aromatic N) is 4. The smallest absolute Gasteiger partial charge is 0.256 e. The Balaban J connectivity index is 1.64. The van der Waals surface area contributed by atoms with Gasteiger partial charge in [-0.05, 0) is 45.2 Å². The molecule has 1 saturated heterocycles. The topological polar surface area (TPSA) is 101 Å². The summed E-state index contributed by atoms with van der Waals surface area (Å²) in [6.07, 6.45) is 3.01. The summed E-state index contributed by atoms with van der Waals surface area (Å²) in [6.45, 7) is 5.98. The molecule has 3 heterocycles. The monoisotopic (exact) mass is 360 g/mol. The molecule has 2 aromatic heterocycles. The minimum Gasteiger partial charge on any atom is -0.378 e. The highest BCUT2D eigenvalue weighted by Gasteiger charge is 2.37. The molecule has 1 aliphatic rings. The maximum atomic E-state index is 12.8. The van der Waals surface area contributed by atoms with Crippen molar-refractivity contribution in [3.8, 4) is 0 Å². The molecule has 2 aromatic rings. The molecule has 1 atom stereocenters. The molecule has 0 aliphatic carbocycles. The van der Waals surface area contributed by atoms with Crippen molar-refractivity contribution >= 4 is 5.91 Å². The van der Waals surface area contributed by atoms with Gasteiger partial charge in [-0.15, -0.1) is 0 Å². The largest absolute Gasteiger partial charge is 0.378 e. The summed E-state index contributed by atoms with van der Waals surface area (Å²) in [6, 6.07) is 3.26. The number of pyridine rings is 1. The fourth-order valence-electron chi connectivity index (χ4n) is 3.29. The average Bonchev–Trinajstić information content (AvgIpc) is 3.03. The van der Waals surface area contributed by atoms with Crippen LogP contribution in [0.25, 0.3) is 0 Å². The highest BCUT2D eigenvalue weighted by atomic mass is 16.5. The van der Waals surface area contributed by atoms with Crippen LogP contribution >= 0.6 is 0 Å². The molecule has 0 saturated carbocycles. The quantitative estimate of drug-likeness (QED) is 0.873. The number of rotatable bonds is 4. The van der Waals surface area contributed by atoms with Crippen molar-refractivity contribution in [2.45, 2.75) is 51.7 Å². The molecule has 0 spiro atoms. The van der Waals surface area contributed by atoms with E-state index in [4.69, 9.17) is 4.52 Å². The lowest BCUT2D eigenvalue weighted by Crippen LogP contribution is -2.52. The fourth-order valence-corrected chi connectivity index (χ4v) is 3.29. The second kappa shape index (κ2) is 7.03. The molecular weight excluding hydrogens is 336 g/mol. The zero-order chi connectivity index (χ0) is 18.9. The minimum absolute atomic E-state index is 0.0757. The van der Waals surface area contributed by atoms with Crippen molar-refractivity contribution in [3.63, 3.8) is 0 Å².